The average Bonchev–Trinajstić information content (AvgIpc) is 2.63. The molecule has 3 unspecified atom stereocenters. The van der Waals surface area contributed by atoms with Crippen LogP contribution in [0.5, 0.6) is 0 Å². The molecule has 0 aromatic heterocycles. The van der Waals surface area contributed by atoms with Crippen LogP contribution in [0.15, 0.2) is 25.3 Å². The van der Waals surface area contributed by atoms with E-state index < -0.39 is 0 Å². The van der Waals surface area contributed by atoms with Crippen molar-refractivity contribution in [1.82, 2.24) is 0 Å². The molecule has 14 heavy (non-hydrogen) atoms. The number of aliphatic hydroxyl groups is 1. The summed E-state index contributed by atoms with van der Waals surface area (Å²) < 4.78 is 5.73. The molecule has 1 saturated heterocycles. The van der Waals surface area contributed by atoms with Gasteiger partial charge in [0.2, 0.25) is 0 Å². The van der Waals surface area contributed by atoms with Crippen molar-refractivity contribution < 1.29 is 9.84 Å². The zero-order chi connectivity index (χ0) is 10.4. The first-order chi connectivity index (χ1) is 6.77. The number of hydrogen-bond acceptors (Lipinski definition) is 2. The normalized spacial score (nSPS) is 28.6. The number of ether oxygens (including phenoxy) is 1. The highest BCUT2D eigenvalue weighted by Crippen LogP contribution is 2.26. The molecule has 0 spiro atoms. The van der Waals surface area contributed by atoms with Crippen LogP contribution in [0.1, 0.15) is 32.1 Å². The Morgan fingerprint density at radius 3 is 2.79 bits per heavy atom. The summed E-state index contributed by atoms with van der Waals surface area (Å²) in [5.74, 6) is 0. The summed E-state index contributed by atoms with van der Waals surface area (Å²) in [7, 11) is 0. The molecule has 3 atom stereocenters. The van der Waals surface area contributed by atoms with Crippen molar-refractivity contribution in [2.24, 2.45) is 0 Å². The van der Waals surface area contributed by atoms with Gasteiger partial charge < -0.3 is 9.84 Å². The minimum atomic E-state index is -0.374. The van der Waals surface area contributed by atoms with Crippen LogP contribution < -0.4 is 0 Å². The second-order valence-electron chi connectivity index (χ2n) is 3.83. The number of allylic oxidation sites excluding steroid dienone is 1. The molecule has 1 heterocycles. The van der Waals surface area contributed by atoms with Crippen LogP contribution in [-0.2, 0) is 4.74 Å². The SMILES string of the molecule is C=CCCC1CCC(C(O)CC=C)O1. The molecule has 1 rings (SSSR count). The van der Waals surface area contributed by atoms with Crippen molar-refractivity contribution in [1.29, 1.82) is 0 Å². The highest BCUT2D eigenvalue weighted by atomic mass is 16.5. The smallest absolute Gasteiger partial charge is 0.0841 e. The maximum absolute atomic E-state index is 9.68. The van der Waals surface area contributed by atoms with E-state index in [2.05, 4.69) is 13.2 Å². The summed E-state index contributed by atoms with van der Waals surface area (Å²) in [6.45, 7) is 7.30. The predicted molar refractivity (Wildman–Crippen MR) is 58.1 cm³/mol. The van der Waals surface area contributed by atoms with E-state index in [0.717, 1.165) is 25.7 Å². The Morgan fingerprint density at radius 2 is 2.14 bits per heavy atom. The number of aliphatic hydroxyl groups excluding tert-OH is 1. The molecule has 2 heteroatoms. The third kappa shape index (κ3) is 3.28. The third-order valence-electron chi connectivity index (χ3n) is 2.67. The van der Waals surface area contributed by atoms with E-state index in [9.17, 15) is 5.11 Å². The van der Waals surface area contributed by atoms with E-state index in [1.165, 1.54) is 0 Å². The van der Waals surface area contributed by atoms with Crippen LogP contribution in [-0.4, -0.2) is 23.4 Å². The van der Waals surface area contributed by atoms with Gasteiger partial charge in [0.15, 0.2) is 0 Å². The van der Waals surface area contributed by atoms with Crippen molar-refractivity contribution >= 4 is 0 Å². The largest absolute Gasteiger partial charge is 0.390 e. The van der Waals surface area contributed by atoms with Crippen molar-refractivity contribution in [3.05, 3.63) is 25.3 Å². The molecular formula is C12H20O2. The topological polar surface area (TPSA) is 29.5 Å². The molecule has 0 aliphatic carbocycles. The third-order valence-corrected chi connectivity index (χ3v) is 2.67. The van der Waals surface area contributed by atoms with Crippen LogP contribution in [0.3, 0.4) is 0 Å². The molecule has 1 aliphatic rings. The van der Waals surface area contributed by atoms with E-state index >= 15 is 0 Å². The van der Waals surface area contributed by atoms with Gasteiger partial charge in [-0.05, 0) is 32.1 Å². The van der Waals surface area contributed by atoms with Crippen molar-refractivity contribution in [3.8, 4) is 0 Å². The van der Waals surface area contributed by atoms with Crippen molar-refractivity contribution in [2.75, 3.05) is 0 Å². The van der Waals surface area contributed by atoms with Gasteiger partial charge >= 0.3 is 0 Å². The van der Waals surface area contributed by atoms with Gasteiger partial charge in [-0.3, -0.25) is 0 Å². The Hall–Kier alpha value is -0.600. The monoisotopic (exact) mass is 196 g/mol. The van der Waals surface area contributed by atoms with Gasteiger partial charge in [-0.2, -0.15) is 0 Å². The number of rotatable bonds is 6. The lowest BCUT2D eigenvalue weighted by Gasteiger charge is -2.17. The standard InChI is InChI=1S/C12H20O2/c1-3-5-7-10-8-9-12(14-10)11(13)6-4-2/h3-4,10-13H,1-2,5-9H2. The highest BCUT2D eigenvalue weighted by Gasteiger charge is 2.29. The summed E-state index contributed by atoms with van der Waals surface area (Å²) >= 11 is 0. The second kappa shape index (κ2) is 5.99. The van der Waals surface area contributed by atoms with Gasteiger partial charge in [-0.15, -0.1) is 13.2 Å². The van der Waals surface area contributed by atoms with E-state index in [1.807, 2.05) is 6.08 Å². The first kappa shape index (κ1) is 11.5. The molecule has 0 amide bonds. The van der Waals surface area contributed by atoms with Crippen LogP contribution >= 0.6 is 0 Å². The minimum Gasteiger partial charge on any atom is -0.390 e. The van der Waals surface area contributed by atoms with E-state index in [4.69, 9.17) is 4.74 Å². The van der Waals surface area contributed by atoms with Gasteiger partial charge in [0.05, 0.1) is 18.3 Å². The fraction of sp³-hybridized carbons (Fsp3) is 0.667. The summed E-state index contributed by atoms with van der Waals surface area (Å²) in [5, 5.41) is 9.68. The van der Waals surface area contributed by atoms with Gasteiger partial charge in [-0.1, -0.05) is 12.2 Å². The summed E-state index contributed by atoms with van der Waals surface area (Å²) in [4.78, 5) is 0. The van der Waals surface area contributed by atoms with Gasteiger partial charge in [0.1, 0.15) is 0 Å². The summed E-state index contributed by atoms with van der Waals surface area (Å²) in [5.41, 5.74) is 0. The molecule has 0 radical (unpaired) electrons. The van der Waals surface area contributed by atoms with E-state index in [0.29, 0.717) is 12.5 Å². The minimum absolute atomic E-state index is 0.0165. The first-order valence-corrected chi connectivity index (χ1v) is 5.33. The number of hydrogen-bond donors (Lipinski definition) is 1. The maximum Gasteiger partial charge on any atom is 0.0841 e. The van der Waals surface area contributed by atoms with Crippen LogP contribution in [0, 0.1) is 0 Å². The Balaban J connectivity index is 2.25. The molecule has 80 valence electrons. The zero-order valence-electron chi connectivity index (χ0n) is 8.69. The zero-order valence-corrected chi connectivity index (χ0v) is 8.69. The fourth-order valence-electron chi connectivity index (χ4n) is 1.86. The van der Waals surface area contributed by atoms with Crippen LogP contribution in [0.25, 0.3) is 0 Å². The Bertz CT molecular complexity index is 189. The Labute approximate surface area is 86.3 Å². The fourth-order valence-corrected chi connectivity index (χ4v) is 1.86. The molecular weight excluding hydrogens is 176 g/mol. The van der Waals surface area contributed by atoms with Gasteiger partial charge in [-0.25, -0.2) is 0 Å². The lowest BCUT2D eigenvalue weighted by molar-refractivity contribution is -0.0341. The summed E-state index contributed by atoms with van der Waals surface area (Å²) in [6, 6.07) is 0. The maximum atomic E-state index is 9.68. The predicted octanol–water partition coefficient (Wildman–Crippen LogP) is 2.44. The van der Waals surface area contributed by atoms with Crippen molar-refractivity contribution in [2.45, 2.75) is 50.4 Å². The van der Waals surface area contributed by atoms with Gasteiger partial charge in [0.25, 0.3) is 0 Å². The van der Waals surface area contributed by atoms with E-state index in [1.54, 1.807) is 6.08 Å². The molecule has 0 aromatic rings. The lowest BCUT2D eigenvalue weighted by atomic mass is 10.1. The summed E-state index contributed by atoms with van der Waals surface area (Å²) in [6.07, 6.45) is 8.29. The molecule has 1 aliphatic heterocycles. The molecule has 0 bridgehead atoms. The molecule has 0 saturated carbocycles. The first-order valence-electron chi connectivity index (χ1n) is 5.33. The average molecular weight is 196 g/mol. The van der Waals surface area contributed by atoms with Gasteiger partial charge in [0, 0.05) is 0 Å². The highest BCUT2D eigenvalue weighted by molar-refractivity contribution is 4.84. The Kier molecular flexibility index (Phi) is 4.91. The lowest BCUT2D eigenvalue weighted by Crippen LogP contribution is -2.25. The second-order valence-corrected chi connectivity index (χ2v) is 3.83. The quantitative estimate of drug-likeness (QED) is 0.661. The van der Waals surface area contributed by atoms with Crippen molar-refractivity contribution in [3.63, 3.8) is 0 Å². The van der Waals surface area contributed by atoms with Crippen LogP contribution in [0.2, 0.25) is 0 Å². The van der Waals surface area contributed by atoms with E-state index in [-0.39, 0.29) is 12.2 Å². The Morgan fingerprint density at radius 1 is 1.36 bits per heavy atom. The molecule has 2 nitrogen and oxygen atoms in total. The molecule has 1 fully saturated rings. The molecule has 0 aromatic carbocycles. The molecule has 1 N–H and O–H groups in total. The van der Waals surface area contributed by atoms with Crippen LogP contribution in [0.4, 0.5) is 0 Å².